The van der Waals surface area contributed by atoms with Gasteiger partial charge in [0, 0.05) is 37.1 Å². The molecule has 0 radical (unpaired) electrons. The van der Waals surface area contributed by atoms with Crippen LogP contribution in [0, 0.1) is 5.41 Å². The zero-order valence-corrected chi connectivity index (χ0v) is 13.9. The van der Waals surface area contributed by atoms with Gasteiger partial charge in [-0.1, -0.05) is 6.08 Å². The maximum absolute atomic E-state index is 7.08. The van der Waals surface area contributed by atoms with E-state index in [9.17, 15) is 0 Å². The Morgan fingerprint density at radius 1 is 1.13 bits per heavy atom. The predicted molar refractivity (Wildman–Crippen MR) is 92.6 cm³/mol. The first-order valence-corrected chi connectivity index (χ1v) is 8.90. The van der Waals surface area contributed by atoms with E-state index in [0.29, 0.717) is 0 Å². The summed E-state index contributed by atoms with van der Waals surface area (Å²) in [4.78, 5) is 0. The molecule has 0 fully saturated rings. The van der Waals surface area contributed by atoms with Crippen LogP contribution in [0.2, 0.25) is 0 Å². The highest BCUT2D eigenvalue weighted by molar-refractivity contribution is 5.68. The van der Waals surface area contributed by atoms with Crippen molar-refractivity contribution in [3.05, 3.63) is 53.1 Å². The molecule has 122 valence electrons. The molecule has 2 aliphatic carbocycles. The van der Waals surface area contributed by atoms with Crippen LogP contribution in [0.1, 0.15) is 49.8 Å². The van der Waals surface area contributed by atoms with Crippen LogP contribution in [-0.4, -0.2) is 12.8 Å². The van der Waals surface area contributed by atoms with Gasteiger partial charge in [-0.15, -0.1) is 0 Å². The van der Waals surface area contributed by atoms with Gasteiger partial charge in [0.05, 0.1) is 12.4 Å². The molecule has 3 rings (SSSR count). The standard InChI is InChI=1S/C20H27N2O/c21-13-5-9-18-8-4-12-20(18)23-16-2-1-14-22-15-6-10-17-7-3-11-19(17)22/h5-6,9-10,13,15,21H,1-4,7-8,11-12,14,16H2/q+1/b9-5-,21-13?. The molecule has 3 nitrogen and oxygen atoms in total. The highest BCUT2D eigenvalue weighted by atomic mass is 16.5. The molecular formula is C20H27N2O+. The minimum Gasteiger partial charge on any atom is -0.498 e. The number of hydrogen-bond acceptors (Lipinski definition) is 2. The molecule has 1 aromatic rings. The number of pyridine rings is 1. The Hall–Kier alpha value is -1.90. The first kappa shape index (κ1) is 16.0. The topological polar surface area (TPSA) is 37.0 Å². The zero-order chi connectivity index (χ0) is 15.9. The van der Waals surface area contributed by atoms with Crippen LogP contribution in [0.3, 0.4) is 0 Å². The number of ether oxygens (including phenoxy) is 1. The van der Waals surface area contributed by atoms with Crippen LogP contribution in [0.25, 0.3) is 0 Å². The van der Waals surface area contributed by atoms with Crippen LogP contribution in [0.15, 0.2) is 41.8 Å². The molecule has 0 aromatic carbocycles. The van der Waals surface area contributed by atoms with E-state index in [2.05, 4.69) is 22.9 Å². The lowest BCUT2D eigenvalue weighted by atomic mass is 10.2. The number of aryl methyl sites for hydroxylation is 2. The maximum Gasteiger partial charge on any atom is 0.184 e. The third kappa shape index (κ3) is 4.10. The predicted octanol–water partition coefficient (Wildman–Crippen LogP) is 3.90. The van der Waals surface area contributed by atoms with Crippen LogP contribution >= 0.6 is 0 Å². The van der Waals surface area contributed by atoms with Gasteiger partial charge < -0.3 is 10.1 Å². The number of rotatable bonds is 8. The maximum atomic E-state index is 7.08. The molecule has 0 spiro atoms. The summed E-state index contributed by atoms with van der Waals surface area (Å²) in [5, 5.41) is 7.08. The second kappa shape index (κ2) is 8.09. The molecule has 0 saturated carbocycles. The van der Waals surface area contributed by atoms with Crippen molar-refractivity contribution < 1.29 is 9.30 Å². The molecule has 0 saturated heterocycles. The molecule has 1 N–H and O–H groups in total. The summed E-state index contributed by atoms with van der Waals surface area (Å²) in [5.74, 6) is 1.15. The summed E-state index contributed by atoms with van der Waals surface area (Å²) in [6.45, 7) is 1.92. The number of fused-ring (bicyclic) bond motifs is 1. The summed E-state index contributed by atoms with van der Waals surface area (Å²) in [6.07, 6.45) is 16.8. The second-order valence-electron chi connectivity index (χ2n) is 6.41. The summed E-state index contributed by atoms with van der Waals surface area (Å²) >= 11 is 0. The minimum atomic E-state index is 0.812. The monoisotopic (exact) mass is 311 g/mol. The van der Waals surface area contributed by atoms with Gasteiger partial charge in [-0.2, -0.15) is 0 Å². The van der Waals surface area contributed by atoms with E-state index in [1.807, 2.05) is 6.08 Å². The molecule has 0 amide bonds. The Kier molecular flexibility index (Phi) is 5.62. The van der Waals surface area contributed by atoms with Crippen LogP contribution in [0.5, 0.6) is 0 Å². The number of hydrogen-bond donors (Lipinski definition) is 1. The normalized spacial score (nSPS) is 17.0. The summed E-state index contributed by atoms with van der Waals surface area (Å²) in [6, 6.07) is 4.46. The Bertz CT molecular complexity index is 616. The number of unbranched alkanes of at least 4 members (excludes halogenated alkanes) is 1. The summed E-state index contributed by atoms with van der Waals surface area (Å²) < 4.78 is 8.43. The SMILES string of the molecule is N=C/C=C\C1=C(OCCCC[n+]2cccc3c2CCC3)CCC1. The molecule has 1 heterocycles. The van der Waals surface area contributed by atoms with Crippen molar-refractivity contribution in [3.8, 4) is 0 Å². The van der Waals surface area contributed by atoms with Crippen molar-refractivity contribution in [1.29, 1.82) is 5.41 Å². The number of nitrogens with one attached hydrogen (secondary N) is 1. The Morgan fingerprint density at radius 2 is 2.04 bits per heavy atom. The van der Waals surface area contributed by atoms with E-state index in [4.69, 9.17) is 10.1 Å². The van der Waals surface area contributed by atoms with Crippen molar-refractivity contribution in [2.24, 2.45) is 0 Å². The average Bonchev–Trinajstić information content (AvgIpc) is 3.21. The zero-order valence-electron chi connectivity index (χ0n) is 13.9. The lowest BCUT2D eigenvalue weighted by Crippen LogP contribution is -2.38. The third-order valence-electron chi connectivity index (χ3n) is 4.81. The van der Waals surface area contributed by atoms with Gasteiger partial charge in [0.15, 0.2) is 11.9 Å². The Labute approximate surface area is 139 Å². The van der Waals surface area contributed by atoms with Gasteiger partial charge in [-0.25, -0.2) is 4.57 Å². The van der Waals surface area contributed by atoms with Crippen LogP contribution < -0.4 is 4.57 Å². The van der Waals surface area contributed by atoms with Crippen molar-refractivity contribution in [2.75, 3.05) is 6.61 Å². The Morgan fingerprint density at radius 3 is 2.96 bits per heavy atom. The van der Waals surface area contributed by atoms with Gasteiger partial charge in [0.2, 0.25) is 0 Å². The minimum absolute atomic E-state index is 0.812. The van der Waals surface area contributed by atoms with E-state index in [-0.39, 0.29) is 0 Å². The van der Waals surface area contributed by atoms with Gasteiger partial charge in [0.1, 0.15) is 6.54 Å². The van der Waals surface area contributed by atoms with E-state index in [1.165, 1.54) is 43.9 Å². The van der Waals surface area contributed by atoms with E-state index >= 15 is 0 Å². The molecule has 23 heavy (non-hydrogen) atoms. The average molecular weight is 311 g/mol. The fraction of sp³-hybridized carbons (Fsp3) is 0.500. The van der Waals surface area contributed by atoms with Crippen LogP contribution in [-0.2, 0) is 24.1 Å². The van der Waals surface area contributed by atoms with E-state index in [0.717, 1.165) is 38.2 Å². The van der Waals surface area contributed by atoms with Crippen LogP contribution in [0.4, 0.5) is 0 Å². The third-order valence-corrected chi connectivity index (χ3v) is 4.81. The first-order chi connectivity index (χ1) is 11.4. The number of nitrogens with zero attached hydrogens (tertiary/aromatic N) is 1. The first-order valence-electron chi connectivity index (χ1n) is 8.90. The van der Waals surface area contributed by atoms with Crippen molar-refractivity contribution in [2.45, 2.75) is 57.9 Å². The van der Waals surface area contributed by atoms with Gasteiger partial charge >= 0.3 is 0 Å². The van der Waals surface area contributed by atoms with Gasteiger partial charge in [0.25, 0.3) is 0 Å². The van der Waals surface area contributed by atoms with Crippen molar-refractivity contribution in [1.82, 2.24) is 0 Å². The summed E-state index contributed by atoms with van der Waals surface area (Å²) in [5.41, 5.74) is 4.37. The van der Waals surface area contributed by atoms with E-state index < -0.39 is 0 Å². The molecule has 0 aliphatic heterocycles. The number of aromatic nitrogens is 1. The molecule has 2 aliphatic rings. The molecule has 0 atom stereocenters. The van der Waals surface area contributed by atoms with Gasteiger partial charge in [-0.05, 0) is 49.8 Å². The van der Waals surface area contributed by atoms with Gasteiger partial charge in [-0.3, -0.25) is 0 Å². The molecule has 0 unspecified atom stereocenters. The molecule has 3 heteroatoms. The second-order valence-corrected chi connectivity index (χ2v) is 6.41. The fourth-order valence-corrected chi connectivity index (χ4v) is 3.65. The molecular weight excluding hydrogens is 284 g/mol. The lowest BCUT2D eigenvalue weighted by Gasteiger charge is -2.08. The van der Waals surface area contributed by atoms with Crippen molar-refractivity contribution in [3.63, 3.8) is 0 Å². The quantitative estimate of drug-likeness (QED) is 0.441. The molecule has 1 aromatic heterocycles. The van der Waals surface area contributed by atoms with E-state index in [1.54, 1.807) is 17.3 Å². The Balaban J connectivity index is 1.43. The summed E-state index contributed by atoms with van der Waals surface area (Å²) in [7, 11) is 0. The molecule has 0 bridgehead atoms. The smallest absolute Gasteiger partial charge is 0.184 e. The van der Waals surface area contributed by atoms with Crippen molar-refractivity contribution >= 4 is 6.21 Å². The largest absolute Gasteiger partial charge is 0.498 e. The fourth-order valence-electron chi connectivity index (χ4n) is 3.65. The lowest BCUT2D eigenvalue weighted by molar-refractivity contribution is -0.704. The highest BCUT2D eigenvalue weighted by Gasteiger charge is 2.20. The number of allylic oxidation sites excluding steroid dienone is 4. The highest BCUT2D eigenvalue weighted by Crippen LogP contribution is 2.27.